The van der Waals surface area contributed by atoms with Crippen LogP contribution in [0.5, 0.6) is 0 Å². The summed E-state index contributed by atoms with van der Waals surface area (Å²) in [4.78, 5) is -0.0541. The van der Waals surface area contributed by atoms with E-state index in [2.05, 4.69) is 0 Å². The largest absolute Gasteiger partial charge is 0.398 e. The van der Waals surface area contributed by atoms with Crippen molar-refractivity contribution in [3.05, 3.63) is 22.7 Å². The van der Waals surface area contributed by atoms with Crippen LogP contribution in [0, 0.1) is 6.92 Å². The summed E-state index contributed by atoms with van der Waals surface area (Å²) in [5.41, 5.74) is 6.57. The Labute approximate surface area is 124 Å². The average molecular weight is 341 g/mol. The molecule has 0 aliphatic rings. The van der Waals surface area contributed by atoms with E-state index in [1.807, 2.05) is 0 Å². The summed E-state index contributed by atoms with van der Waals surface area (Å²) >= 11 is 5.92. The van der Waals surface area contributed by atoms with Crippen molar-refractivity contribution >= 4 is 37.1 Å². The molecular formula is C11H17ClN2O4S2. The van der Waals surface area contributed by atoms with E-state index in [0.29, 0.717) is 5.56 Å². The lowest BCUT2D eigenvalue weighted by atomic mass is 10.2. The van der Waals surface area contributed by atoms with Crippen LogP contribution in [0.2, 0.25) is 5.02 Å². The average Bonchev–Trinajstić information content (AvgIpc) is 2.31. The van der Waals surface area contributed by atoms with Crippen molar-refractivity contribution in [1.82, 2.24) is 4.31 Å². The van der Waals surface area contributed by atoms with Crippen LogP contribution < -0.4 is 5.73 Å². The lowest BCUT2D eigenvalue weighted by Gasteiger charge is -2.17. The molecule has 0 heterocycles. The summed E-state index contributed by atoms with van der Waals surface area (Å²) in [7, 11) is -5.75. The minimum atomic E-state index is -3.82. The molecule has 0 unspecified atom stereocenters. The summed E-state index contributed by atoms with van der Waals surface area (Å²) in [6.45, 7) is 1.55. The smallest absolute Gasteiger partial charge is 0.242 e. The second-order valence-corrected chi connectivity index (χ2v) is 9.29. The third-order valence-electron chi connectivity index (χ3n) is 2.84. The zero-order valence-corrected chi connectivity index (χ0v) is 13.8. The predicted octanol–water partition coefficient (Wildman–Crippen LogP) is 0.896. The van der Waals surface area contributed by atoms with Gasteiger partial charge in [-0.1, -0.05) is 11.6 Å². The molecule has 0 saturated heterocycles. The number of benzene rings is 1. The number of sulfonamides is 1. The molecular weight excluding hydrogens is 324 g/mol. The number of hydrogen-bond donors (Lipinski definition) is 1. The Bertz CT molecular complexity index is 691. The van der Waals surface area contributed by atoms with Crippen LogP contribution in [0.25, 0.3) is 0 Å². The first-order valence-corrected chi connectivity index (χ1v) is 9.52. The molecule has 9 heteroatoms. The SMILES string of the molecule is Cc1c(N)cc(S(=O)(=O)N(C)CCS(C)(=O)=O)cc1Cl. The zero-order valence-electron chi connectivity index (χ0n) is 11.4. The second kappa shape index (κ2) is 5.88. The zero-order chi connectivity index (χ0) is 15.7. The maximum atomic E-state index is 12.3. The first-order chi connectivity index (χ1) is 8.95. The Kier molecular flexibility index (Phi) is 5.07. The van der Waals surface area contributed by atoms with E-state index < -0.39 is 19.9 Å². The molecule has 0 spiro atoms. The Morgan fingerprint density at radius 3 is 2.25 bits per heavy atom. The Morgan fingerprint density at radius 1 is 1.25 bits per heavy atom. The molecule has 0 amide bonds. The Hall–Kier alpha value is -0.830. The molecule has 0 bridgehead atoms. The number of nitrogen functional groups attached to an aromatic ring is 1. The van der Waals surface area contributed by atoms with Gasteiger partial charge in [-0.15, -0.1) is 0 Å². The standard InChI is InChI=1S/C11H17ClN2O4S2/c1-8-10(12)6-9(7-11(8)13)20(17,18)14(2)4-5-19(3,15)16/h6-7H,4-5,13H2,1-3H3. The van der Waals surface area contributed by atoms with Gasteiger partial charge >= 0.3 is 0 Å². The van der Waals surface area contributed by atoms with Gasteiger partial charge in [0.1, 0.15) is 9.84 Å². The van der Waals surface area contributed by atoms with Gasteiger partial charge in [-0.05, 0) is 24.6 Å². The van der Waals surface area contributed by atoms with E-state index in [9.17, 15) is 16.8 Å². The number of rotatable bonds is 5. The van der Waals surface area contributed by atoms with Gasteiger partial charge in [0.25, 0.3) is 0 Å². The number of halogens is 1. The molecule has 1 aromatic rings. The van der Waals surface area contributed by atoms with E-state index in [4.69, 9.17) is 17.3 Å². The summed E-state index contributed by atoms with van der Waals surface area (Å²) in [6, 6.07) is 2.62. The summed E-state index contributed by atoms with van der Waals surface area (Å²) in [5.74, 6) is -0.252. The lowest BCUT2D eigenvalue weighted by Crippen LogP contribution is -2.31. The molecule has 2 N–H and O–H groups in total. The van der Waals surface area contributed by atoms with Crippen LogP contribution in [0.3, 0.4) is 0 Å². The number of nitrogens with two attached hydrogens (primary N) is 1. The first kappa shape index (κ1) is 17.2. The van der Waals surface area contributed by atoms with Gasteiger partial charge in [0, 0.05) is 30.6 Å². The van der Waals surface area contributed by atoms with Crippen LogP contribution in [-0.2, 0) is 19.9 Å². The third kappa shape index (κ3) is 4.08. The molecule has 114 valence electrons. The molecule has 20 heavy (non-hydrogen) atoms. The third-order valence-corrected chi connectivity index (χ3v) is 5.99. The van der Waals surface area contributed by atoms with Crippen molar-refractivity contribution < 1.29 is 16.8 Å². The molecule has 1 aromatic carbocycles. The van der Waals surface area contributed by atoms with E-state index in [-0.39, 0.29) is 27.9 Å². The molecule has 0 aliphatic carbocycles. The normalized spacial score (nSPS) is 12.8. The van der Waals surface area contributed by atoms with Crippen LogP contribution in [-0.4, -0.2) is 46.7 Å². The Morgan fingerprint density at radius 2 is 1.80 bits per heavy atom. The molecule has 0 atom stereocenters. The van der Waals surface area contributed by atoms with Gasteiger partial charge in [-0.25, -0.2) is 16.8 Å². The Balaban J connectivity index is 3.11. The number of nitrogens with zero attached hydrogens (tertiary/aromatic N) is 1. The van der Waals surface area contributed by atoms with Crippen molar-refractivity contribution in [1.29, 1.82) is 0 Å². The van der Waals surface area contributed by atoms with Crippen LogP contribution >= 0.6 is 11.6 Å². The highest BCUT2D eigenvalue weighted by molar-refractivity contribution is 7.91. The van der Waals surface area contributed by atoms with Crippen LogP contribution in [0.15, 0.2) is 17.0 Å². The monoisotopic (exact) mass is 340 g/mol. The summed E-state index contributed by atoms with van der Waals surface area (Å²) in [5, 5.41) is 0.250. The molecule has 1 rings (SSSR count). The first-order valence-electron chi connectivity index (χ1n) is 5.65. The highest BCUT2D eigenvalue weighted by Crippen LogP contribution is 2.27. The molecule has 0 saturated carbocycles. The fourth-order valence-corrected chi connectivity index (χ4v) is 3.66. The van der Waals surface area contributed by atoms with Crippen molar-refractivity contribution in [3.8, 4) is 0 Å². The quantitative estimate of drug-likeness (QED) is 0.803. The summed E-state index contributed by atoms with van der Waals surface area (Å²) < 4.78 is 47.7. The minimum absolute atomic E-state index is 0.0541. The van der Waals surface area contributed by atoms with Crippen molar-refractivity contribution in [3.63, 3.8) is 0 Å². The van der Waals surface area contributed by atoms with Gasteiger partial charge in [-0.2, -0.15) is 4.31 Å². The number of hydrogen-bond acceptors (Lipinski definition) is 5. The van der Waals surface area contributed by atoms with Gasteiger partial charge < -0.3 is 5.73 Å². The molecule has 0 aromatic heterocycles. The molecule has 0 fully saturated rings. The van der Waals surface area contributed by atoms with Gasteiger partial charge in [0.05, 0.1) is 10.6 Å². The lowest BCUT2D eigenvalue weighted by molar-refractivity contribution is 0.485. The highest BCUT2D eigenvalue weighted by atomic mass is 35.5. The summed E-state index contributed by atoms with van der Waals surface area (Å²) in [6.07, 6.45) is 1.05. The van der Waals surface area contributed by atoms with Crippen LogP contribution in [0.4, 0.5) is 5.69 Å². The van der Waals surface area contributed by atoms with E-state index in [1.54, 1.807) is 6.92 Å². The number of anilines is 1. The maximum absolute atomic E-state index is 12.3. The highest BCUT2D eigenvalue weighted by Gasteiger charge is 2.23. The van der Waals surface area contributed by atoms with E-state index in [1.165, 1.54) is 19.2 Å². The minimum Gasteiger partial charge on any atom is -0.398 e. The van der Waals surface area contributed by atoms with Crippen molar-refractivity contribution in [2.24, 2.45) is 0 Å². The number of sulfone groups is 1. The predicted molar refractivity (Wildman–Crippen MR) is 80.1 cm³/mol. The van der Waals surface area contributed by atoms with Gasteiger partial charge in [0.2, 0.25) is 10.0 Å². The molecule has 6 nitrogen and oxygen atoms in total. The van der Waals surface area contributed by atoms with Gasteiger partial charge in [0.15, 0.2) is 0 Å². The van der Waals surface area contributed by atoms with Crippen molar-refractivity contribution in [2.45, 2.75) is 11.8 Å². The van der Waals surface area contributed by atoms with Crippen molar-refractivity contribution in [2.75, 3.05) is 31.3 Å². The van der Waals surface area contributed by atoms with E-state index in [0.717, 1.165) is 10.6 Å². The van der Waals surface area contributed by atoms with Gasteiger partial charge in [-0.3, -0.25) is 0 Å². The fourth-order valence-electron chi connectivity index (χ4n) is 1.42. The topological polar surface area (TPSA) is 97.5 Å². The molecule has 0 aliphatic heterocycles. The maximum Gasteiger partial charge on any atom is 0.242 e. The fraction of sp³-hybridized carbons (Fsp3) is 0.455. The second-order valence-electron chi connectivity index (χ2n) is 4.58. The van der Waals surface area contributed by atoms with E-state index >= 15 is 0 Å². The van der Waals surface area contributed by atoms with Crippen LogP contribution in [0.1, 0.15) is 5.56 Å². The molecule has 0 radical (unpaired) electrons.